The molecule has 1 atom stereocenters. The summed E-state index contributed by atoms with van der Waals surface area (Å²) >= 11 is 0. The molecule has 0 spiro atoms. The molecule has 132 valence electrons. The lowest BCUT2D eigenvalue weighted by Gasteiger charge is -2.11. The number of amides is 2. The Kier molecular flexibility index (Phi) is 6.75. The zero-order valence-electron chi connectivity index (χ0n) is 15.1. The van der Waals surface area contributed by atoms with Crippen LogP contribution in [0.3, 0.4) is 0 Å². The van der Waals surface area contributed by atoms with Gasteiger partial charge in [0.15, 0.2) is 0 Å². The monoisotopic (exact) mass is 338 g/mol. The van der Waals surface area contributed by atoms with Crippen molar-refractivity contribution in [2.24, 2.45) is 0 Å². The van der Waals surface area contributed by atoms with Crippen molar-refractivity contribution < 1.29 is 9.59 Å². The highest BCUT2D eigenvalue weighted by atomic mass is 16.2. The van der Waals surface area contributed by atoms with Crippen molar-refractivity contribution in [2.75, 3.05) is 10.6 Å². The molecule has 0 aromatic heterocycles. The first-order valence-electron chi connectivity index (χ1n) is 8.84. The lowest BCUT2D eigenvalue weighted by atomic mass is 9.98. The molecule has 0 heterocycles. The Morgan fingerprint density at radius 2 is 1.68 bits per heavy atom. The Bertz CT molecular complexity index is 723. The zero-order chi connectivity index (χ0) is 18.2. The predicted molar refractivity (Wildman–Crippen MR) is 103 cm³/mol. The predicted octanol–water partition coefficient (Wildman–Crippen LogP) is 5.19. The van der Waals surface area contributed by atoms with Crippen LogP contribution in [0.5, 0.6) is 0 Å². The summed E-state index contributed by atoms with van der Waals surface area (Å²) in [6, 6.07) is 14.9. The molecule has 0 aliphatic carbocycles. The van der Waals surface area contributed by atoms with E-state index in [1.807, 2.05) is 31.2 Å². The molecule has 0 unspecified atom stereocenters. The van der Waals surface area contributed by atoms with Crippen LogP contribution < -0.4 is 10.6 Å². The van der Waals surface area contributed by atoms with Gasteiger partial charge < -0.3 is 10.6 Å². The van der Waals surface area contributed by atoms with E-state index in [4.69, 9.17) is 0 Å². The van der Waals surface area contributed by atoms with Crippen LogP contribution in [0.2, 0.25) is 0 Å². The fraction of sp³-hybridized carbons (Fsp3) is 0.333. The van der Waals surface area contributed by atoms with Gasteiger partial charge in [0.25, 0.3) is 5.91 Å². The highest BCUT2D eigenvalue weighted by molar-refractivity contribution is 6.05. The normalized spacial score (nSPS) is 11.6. The average Bonchev–Trinajstić information content (AvgIpc) is 2.62. The number of rotatable bonds is 7. The van der Waals surface area contributed by atoms with Gasteiger partial charge in [-0.15, -0.1) is 0 Å². The summed E-state index contributed by atoms with van der Waals surface area (Å²) in [4.78, 5) is 24.1. The van der Waals surface area contributed by atoms with E-state index >= 15 is 0 Å². The smallest absolute Gasteiger partial charge is 0.255 e. The van der Waals surface area contributed by atoms with Crippen LogP contribution in [0, 0.1) is 0 Å². The second-order valence-electron chi connectivity index (χ2n) is 6.26. The fourth-order valence-electron chi connectivity index (χ4n) is 2.52. The number of carbonyl (C=O) groups excluding carboxylic acids is 2. The van der Waals surface area contributed by atoms with Crippen LogP contribution in [0.25, 0.3) is 0 Å². The van der Waals surface area contributed by atoms with Crippen molar-refractivity contribution in [3.05, 3.63) is 59.7 Å². The van der Waals surface area contributed by atoms with E-state index in [-0.39, 0.29) is 11.8 Å². The Labute approximate surface area is 149 Å². The standard InChI is InChI=1S/C21H26N2O2/c1-4-7-20(24)22-19-9-6-8-17(14-19)21(25)23-18-12-10-16(11-13-18)15(3)5-2/h6,8-15H,4-5,7H2,1-3H3,(H,22,24)(H,23,25)/t15-/m0/s1. The van der Waals surface area contributed by atoms with Gasteiger partial charge in [0.2, 0.25) is 5.91 Å². The van der Waals surface area contributed by atoms with Gasteiger partial charge in [0.1, 0.15) is 0 Å². The summed E-state index contributed by atoms with van der Waals surface area (Å²) in [5, 5.41) is 5.71. The van der Waals surface area contributed by atoms with Gasteiger partial charge in [-0.05, 0) is 54.7 Å². The second kappa shape index (κ2) is 9.02. The maximum atomic E-state index is 12.4. The van der Waals surface area contributed by atoms with Crippen molar-refractivity contribution in [1.29, 1.82) is 0 Å². The Morgan fingerprint density at radius 3 is 2.32 bits per heavy atom. The minimum atomic E-state index is -0.192. The molecule has 2 N–H and O–H groups in total. The highest BCUT2D eigenvalue weighted by Crippen LogP contribution is 2.21. The van der Waals surface area contributed by atoms with Gasteiger partial charge in [-0.2, -0.15) is 0 Å². The maximum Gasteiger partial charge on any atom is 0.255 e. The molecule has 0 radical (unpaired) electrons. The molecule has 2 rings (SSSR count). The minimum Gasteiger partial charge on any atom is -0.326 e. The van der Waals surface area contributed by atoms with E-state index in [0.29, 0.717) is 23.6 Å². The van der Waals surface area contributed by atoms with Crippen molar-refractivity contribution >= 4 is 23.2 Å². The molecule has 0 saturated heterocycles. The molecule has 0 aliphatic rings. The number of hydrogen-bond acceptors (Lipinski definition) is 2. The molecule has 4 nitrogen and oxygen atoms in total. The van der Waals surface area contributed by atoms with Crippen LogP contribution in [0.1, 0.15) is 61.9 Å². The van der Waals surface area contributed by atoms with E-state index in [1.165, 1.54) is 5.56 Å². The molecule has 2 amide bonds. The summed E-state index contributed by atoms with van der Waals surface area (Å²) in [7, 11) is 0. The summed E-state index contributed by atoms with van der Waals surface area (Å²) < 4.78 is 0. The summed E-state index contributed by atoms with van der Waals surface area (Å²) in [5.41, 5.74) is 3.18. The van der Waals surface area contributed by atoms with E-state index in [1.54, 1.807) is 24.3 Å². The first-order valence-corrected chi connectivity index (χ1v) is 8.84. The molecule has 2 aromatic rings. The number of anilines is 2. The van der Waals surface area contributed by atoms with Crippen LogP contribution in [-0.4, -0.2) is 11.8 Å². The third kappa shape index (κ3) is 5.45. The van der Waals surface area contributed by atoms with Gasteiger partial charge in [-0.3, -0.25) is 9.59 Å². The number of nitrogens with one attached hydrogen (secondary N) is 2. The molecule has 4 heteroatoms. The number of hydrogen-bond donors (Lipinski definition) is 2. The van der Waals surface area contributed by atoms with Crippen molar-refractivity contribution in [1.82, 2.24) is 0 Å². The van der Waals surface area contributed by atoms with Gasteiger partial charge in [-0.25, -0.2) is 0 Å². The van der Waals surface area contributed by atoms with E-state index in [9.17, 15) is 9.59 Å². The topological polar surface area (TPSA) is 58.2 Å². The molecule has 0 aliphatic heterocycles. The Balaban J connectivity index is 2.04. The third-order valence-corrected chi connectivity index (χ3v) is 4.24. The van der Waals surface area contributed by atoms with Gasteiger partial charge in [0.05, 0.1) is 0 Å². The van der Waals surface area contributed by atoms with Gasteiger partial charge >= 0.3 is 0 Å². The van der Waals surface area contributed by atoms with Crippen molar-refractivity contribution in [3.8, 4) is 0 Å². The van der Waals surface area contributed by atoms with E-state index in [2.05, 4.69) is 24.5 Å². The fourth-order valence-corrected chi connectivity index (χ4v) is 2.52. The molecule has 0 fully saturated rings. The van der Waals surface area contributed by atoms with Gasteiger partial charge in [-0.1, -0.05) is 39.0 Å². The molecular formula is C21H26N2O2. The lowest BCUT2D eigenvalue weighted by Crippen LogP contribution is -2.14. The van der Waals surface area contributed by atoms with Crippen molar-refractivity contribution in [2.45, 2.75) is 46.0 Å². The van der Waals surface area contributed by atoms with Crippen molar-refractivity contribution in [3.63, 3.8) is 0 Å². The highest BCUT2D eigenvalue weighted by Gasteiger charge is 2.09. The van der Waals surface area contributed by atoms with Crippen LogP contribution >= 0.6 is 0 Å². The first-order chi connectivity index (χ1) is 12.0. The summed E-state index contributed by atoms with van der Waals surface area (Å²) in [6.07, 6.45) is 2.35. The number of carbonyl (C=O) groups is 2. The maximum absolute atomic E-state index is 12.4. The van der Waals surface area contributed by atoms with Gasteiger partial charge in [0, 0.05) is 23.4 Å². The Hall–Kier alpha value is -2.62. The van der Waals surface area contributed by atoms with Crippen LogP contribution in [0.4, 0.5) is 11.4 Å². The molecule has 0 saturated carbocycles. The van der Waals surface area contributed by atoms with E-state index < -0.39 is 0 Å². The summed E-state index contributed by atoms with van der Waals surface area (Å²) in [6.45, 7) is 6.30. The first kappa shape index (κ1) is 18.7. The average molecular weight is 338 g/mol. The number of benzene rings is 2. The van der Waals surface area contributed by atoms with Crippen LogP contribution in [0.15, 0.2) is 48.5 Å². The summed E-state index contributed by atoms with van der Waals surface area (Å²) in [5.74, 6) is 0.275. The van der Waals surface area contributed by atoms with E-state index in [0.717, 1.165) is 18.5 Å². The quantitative estimate of drug-likeness (QED) is 0.730. The third-order valence-electron chi connectivity index (χ3n) is 4.24. The minimum absolute atomic E-state index is 0.0410. The largest absolute Gasteiger partial charge is 0.326 e. The molecule has 0 bridgehead atoms. The second-order valence-corrected chi connectivity index (χ2v) is 6.26. The molecular weight excluding hydrogens is 312 g/mol. The van der Waals surface area contributed by atoms with Crippen LogP contribution in [-0.2, 0) is 4.79 Å². The SMILES string of the molecule is CCCC(=O)Nc1cccc(C(=O)Nc2ccc([C@@H](C)CC)cc2)c1. The lowest BCUT2D eigenvalue weighted by molar-refractivity contribution is -0.116. The molecule has 25 heavy (non-hydrogen) atoms. The molecule has 2 aromatic carbocycles. The Morgan fingerprint density at radius 1 is 0.960 bits per heavy atom. The zero-order valence-corrected chi connectivity index (χ0v) is 15.1.